The van der Waals surface area contributed by atoms with Gasteiger partial charge in [0.1, 0.15) is 21.5 Å². The van der Waals surface area contributed by atoms with Gasteiger partial charge in [0.05, 0.1) is 33.8 Å². The van der Waals surface area contributed by atoms with Crippen LogP contribution in [0.1, 0.15) is 53.1 Å². The third-order valence-electron chi connectivity index (χ3n) is 15.1. The van der Waals surface area contributed by atoms with Gasteiger partial charge in [0.25, 0.3) is 0 Å². The van der Waals surface area contributed by atoms with E-state index < -0.39 is 0 Å². The maximum atomic E-state index is 12.0. The molecule has 0 fully saturated rings. The number of hydrogen-bond acceptors (Lipinski definition) is 3. The Morgan fingerprint density at radius 3 is 2.04 bits per heavy atom. The van der Waals surface area contributed by atoms with Gasteiger partial charge in [0, 0.05) is 27.5 Å². The Balaban J connectivity index is 1.13. The number of rotatable bonds is 7. The van der Waals surface area contributed by atoms with Crippen molar-refractivity contribution in [1.29, 1.82) is 0 Å². The lowest BCUT2D eigenvalue weighted by atomic mass is 9.74. The first kappa shape index (κ1) is 44.6. The molecule has 346 valence electrons. The highest BCUT2D eigenvalue weighted by Gasteiger charge is 2.33. The summed E-state index contributed by atoms with van der Waals surface area (Å²) in [5.41, 5.74) is 18.5. The summed E-state index contributed by atoms with van der Waals surface area (Å²) >= 11 is 0. The summed E-state index contributed by atoms with van der Waals surface area (Å²) in [6.45, 7) is 8.63. The average molecular weight is 931 g/mol. The molecule has 6 nitrogen and oxygen atoms in total. The standard InChI is InChI=1S/C64H52B2N4O2/c1-38-57(62(71)63(72)59(66)58(38)65)53-33-32-44(42-20-8-5-9-21-42)37-56(53)70-55-31-15-13-28-50(55)52-35-34-51-49-27-12-14-30-54(49)69(60(51)61(52)70)40(3)68-64(67-39(2)41-18-6-4-7-19-41)46-25-16-24-45(36-46)48-29-17-23-43-22-10-11-26-47(43)48/h4,6-8,10-33,36-37,71-72H,2,5,9,34-35,65-66H2,1,3H3/b67-64-,68-40+. The van der Waals surface area contributed by atoms with Crippen molar-refractivity contribution in [1.82, 2.24) is 9.13 Å². The second-order valence-electron chi connectivity index (χ2n) is 19.2. The highest BCUT2D eigenvalue weighted by Crippen LogP contribution is 2.49. The number of fused-ring (bicyclic) bond motifs is 8. The van der Waals surface area contributed by atoms with E-state index >= 15 is 0 Å². The van der Waals surface area contributed by atoms with Crippen LogP contribution in [0, 0.1) is 6.92 Å². The van der Waals surface area contributed by atoms with E-state index in [2.05, 4.69) is 174 Å². The Bertz CT molecular complexity index is 3980. The molecule has 0 radical (unpaired) electrons. The van der Waals surface area contributed by atoms with Gasteiger partial charge < -0.3 is 14.8 Å². The smallest absolute Gasteiger partial charge is 0.165 e. The van der Waals surface area contributed by atoms with Crippen molar-refractivity contribution < 1.29 is 10.2 Å². The quantitative estimate of drug-likeness (QED) is 0.0723. The van der Waals surface area contributed by atoms with E-state index in [-0.39, 0.29) is 11.5 Å². The fourth-order valence-corrected chi connectivity index (χ4v) is 11.3. The molecule has 0 saturated carbocycles. The molecule has 0 atom stereocenters. The summed E-state index contributed by atoms with van der Waals surface area (Å²) in [7, 11) is 3.88. The predicted molar refractivity (Wildman–Crippen MR) is 308 cm³/mol. The first-order chi connectivity index (χ1) is 35.2. The summed E-state index contributed by atoms with van der Waals surface area (Å²) in [5.74, 6) is 1.10. The van der Waals surface area contributed by atoms with Crippen LogP contribution in [0.25, 0.3) is 83.2 Å². The molecule has 2 aromatic heterocycles. The molecule has 2 aliphatic carbocycles. The number of hydrogen-bond donors (Lipinski definition) is 2. The average Bonchev–Trinajstić information content (AvgIpc) is 3.95. The molecule has 8 aromatic carbocycles. The monoisotopic (exact) mass is 930 g/mol. The first-order valence-corrected chi connectivity index (χ1v) is 24.9. The van der Waals surface area contributed by atoms with Crippen LogP contribution in [0.15, 0.2) is 199 Å². The van der Waals surface area contributed by atoms with Crippen LogP contribution >= 0.6 is 0 Å². The Kier molecular flexibility index (Phi) is 11.1. The molecule has 72 heavy (non-hydrogen) atoms. The molecule has 10 aromatic rings. The number of nitrogens with zero attached hydrogens (tertiary/aromatic N) is 4. The molecule has 12 rings (SSSR count). The van der Waals surface area contributed by atoms with Crippen molar-refractivity contribution in [2.24, 2.45) is 9.98 Å². The minimum Gasteiger partial charge on any atom is -0.505 e. The van der Waals surface area contributed by atoms with E-state index in [1.165, 1.54) is 32.7 Å². The number of phenols is 2. The topological polar surface area (TPSA) is 75.0 Å². The largest absolute Gasteiger partial charge is 0.505 e. The highest BCUT2D eigenvalue weighted by molar-refractivity contribution is 6.51. The van der Waals surface area contributed by atoms with Crippen molar-refractivity contribution >= 4 is 82.1 Å². The zero-order chi connectivity index (χ0) is 49.2. The molecule has 0 aliphatic heterocycles. The molecule has 2 heterocycles. The second-order valence-corrected chi connectivity index (χ2v) is 19.2. The van der Waals surface area contributed by atoms with Crippen LogP contribution in [0.4, 0.5) is 0 Å². The Hall–Kier alpha value is -8.61. The molecular weight excluding hydrogens is 878 g/mol. The molecule has 0 bridgehead atoms. The lowest BCUT2D eigenvalue weighted by molar-refractivity contribution is 0.408. The van der Waals surface area contributed by atoms with E-state index in [0.717, 1.165) is 110 Å². The van der Waals surface area contributed by atoms with Gasteiger partial charge in [-0.25, -0.2) is 9.98 Å². The Labute approximate surface area is 421 Å². The summed E-state index contributed by atoms with van der Waals surface area (Å²) in [6.07, 6.45) is 10.4. The van der Waals surface area contributed by atoms with Crippen LogP contribution in [0.5, 0.6) is 11.5 Å². The molecule has 2 N–H and O–H groups in total. The lowest BCUT2D eigenvalue weighted by Gasteiger charge is -2.24. The minimum absolute atomic E-state index is 0.0928. The fraction of sp³-hybridized carbons (Fsp3) is 0.0938. The summed E-state index contributed by atoms with van der Waals surface area (Å²) < 4.78 is 4.76. The number of phenolic OH excluding ortho intramolecular Hbond substituents is 2. The molecule has 0 saturated heterocycles. The van der Waals surface area contributed by atoms with E-state index in [9.17, 15) is 10.2 Å². The Morgan fingerprint density at radius 1 is 0.597 bits per heavy atom. The van der Waals surface area contributed by atoms with Crippen LogP contribution in [-0.4, -0.2) is 46.7 Å². The molecular formula is C64H52B2N4O2. The van der Waals surface area contributed by atoms with Gasteiger partial charge in [-0.1, -0.05) is 175 Å². The zero-order valence-corrected chi connectivity index (χ0v) is 41.0. The molecule has 8 heteroatoms. The van der Waals surface area contributed by atoms with Gasteiger partial charge in [-0.3, -0.25) is 4.57 Å². The van der Waals surface area contributed by atoms with Crippen molar-refractivity contribution in [3.63, 3.8) is 0 Å². The lowest BCUT2D eigenvalue weighted by Crippen LogP contribution is -2.29. The number of aromatic nitrogens is 2. The van der Waals surface area contributed by atoms with Crippen molar-refractivity contribution in [2.45, 2.75) is 39.5 Å². The van der Waals surface area contributed by atoms with E-state index in [4.69, 9.17) is 9.98 Å². The number of aliphatic imine (C=N–C) groups is 2. The van der Waals surface area contributed by atoms with Gasteiger partial charge >= 0.3 is 0 Å². The van der Waals surface area contributed by atoms with Crippen molar-refractivity contribution in [3.8, 4) is 50.8 Å². The van der Waals surface area contributed by atoms with E-state index in [1.807, 2.05) is 52.9 Å². The molecule has 0 unspecified atom stereocenters. The number of aromatic hydroxyl groups is 2. The summed E-state index contributed by atoms with van der Waals surface area (Å²) in [4.78, 5) is 10.9. The first-order valence-electron chi connectivity index (χ1n) is 24.9. The number of amidine groups is 1. The van der Waals surface area contributed by atoms with Gasteiger partial charge in [0.15, 0.2) is 17.3 Å². The van der Waals surface area contributed by atoms with E-state index in [0.29, 0.717) is 22.6 Å². The number of allylic oxidation sites excluding steroid dienone is 4. The van der Waals surface area contributed by atoms with Crippen LogP contribution in [0.3, 0.4) is 0 Å². The molecule has 2 aliphatic rings. The summed E-state index contributed by atoms with van der Waals surface area (Å²) in [6, 6.07) is 57.5. The third-order valence-corrected chi connectivity index (χ3v) is 15.1. The molecule has 0 spiro atoms. The number of para-hydroxylation sites is 2. The van der Waals surface area contributed by atoms with Crippen molar-refractivity contribution in [3.05, 3.63) is 222 Å². The highest BCUT2D eigenvalue weighted by atomic mass is 16.3. The van der Waals surface area contributed by atoms with Gasteiger partial charge in [-0.05, 0) is 119 Å². The maximum Gasteiger partial charge on any atom is 0.165 e. The van der Waals surface area contributed by atoms with E-state index in [1.54, 1.807) is 0 Å². The van der Waals surface area contributed by atoms with Crippen LogP contribution in [-0.2, 0) is 12.8 Å². The van der Waals surface area contributed by atoms with Gasteiger partial charge in [0.2, 0.25) is 0 Å². The molecule has 0 amide bonds. The maximum absolute atomic E-state index is 12.0. The normalized spacial score (nSPS) is 13.7. The van der Waals surface area contributed by atoms with Crippen LogP contribution < -0.4 is 10.9 Å². The number of aryl methyl sites for hydroxylation is 2. The van der Waals surface area contributed by atoms with Gasteiger partial charge in [-0.2, -0.15) is 0 Å². The van der Waals surface area contributed by atoms with Crippen LogP contribution in [0.2, 0.25) is 0 Å². The fourth-order valence-electron chi connectivity index (χ4n) is 11.3. The Morgan fingerprint density at radius 2 is 1.26 bits per heavy atom. The summed E-state index contributed by atoms with van der Waals surface area (Å²) in [5, 5.41) is 28.2. The van der Waals surface area contributed by atoms with Gasteiger partial charge in [-0.15, -0.1) is 0 Å². The minimum atomic E-state index is -0.113. The third kappa shape index (κ3) is 7.36. The predicted octanol–water partition coefficient (Wildman–Crippen LogP) is 12.2. The second kappa shape index (κ2) is 18.0. The number of benzene rings is 8. The van der Waals surface area contributed by atoms with Crippen molar-refractivity contribution in [2.75, 3.05) is 0 Å². The zero-order valence-electron chi connectivity index (χ0n) is 41.0. The SMILES string of the molecule is Bc1c(B)c(O)c(O)c(-c2ccc(C3=CCCC=C3)cc2-n2c3c(c4ccccc42)CCc2c-3n(/C(C)=N/C(=N\C(=C)c3ccccc3)c3cccc(-c4cccc5ccccc45)c3)c3ccccc23)c1C.